The van der Waals surface area contributed by atoms with Gasteiger partial charge in [0.1, 0.15) is 0 Å². The van der Waals surface area contributed by atoms with E-state index >= 15 is 0 Å². The maximum Gasteiger partial charge on any atom is 0.224 e. The molecule has 1 unspecified atom stereocenters. The first-order valence-corrected chi connectivity index (χ1v) is 9.61. The normalized spacial score (nSPS) is 21.2. The monoisotopic (exact) mass is 351 g/mol. The van der Waals surface area contributed by atoms with Crippen molar-refractivity contribution < 1.29 is 4.79 Å². The number of amides is 1. The van der Waals surface area contributed by atoms with Crippen molar-refractivity contribution in [1.29, 1.82) is 0 Å². The van der Waals surface area contributed by atoms with Gasteiger partial charge in [0.15, 0.2) is 0 Å². The molecule has 0 radical (unpaired) electrons. The Morgan fingerprint density at radius 1 is 1.15 bits per heavy atom. The van der Waals surface area contributed by atoms with E-state index in [1.165, 1.54) is 5.56 Å². The number of carbonyl (C=O) groups excluding carboxylic acids is 1. The molecular formula is C22H29N3O. The third-order valence-corrected chi connectivity index (χ3v) is 5.50. The number of pyridine rings is 1. The molecule has 3 N–H and O–H groups in total. The molecule has 26 heavy (non-hydrogen) atoms. The van der Waals surface area contributed by atoms with Crippen LogP contribution in [0.15, 0.2) is 48.7 Å². The standard InChI is InChI=1S/C22H29N3O/c1-16-5-7-17(8-6-16)14-21(26)25-22(20-4-2-3-13-24-20)19-11-9-18(15-23)10-12-19/h2-8,13,18-19,22H,9-12,14-15,23H2,1H3,(H,25,26). The highest BCUT2D eigenvalue weighted by molar-refractivity contribution is 5.79. The Morgan fingerprint density at radius 2 is 1.88 bits per heavy atom. The van der Waals surface area contributed by atoms with E-state index in [-0.39, 0.29) is 11.9 Å². The Bertz CT molecular complexity index is 691. The molecule has 0 aliphatic heterocycles. The van der Waals surface area contributed by atoms with Crippen molar-refractivity contribution in [2.75, 3.05) is 6.54 Å². The molecule has 0 saturated heterocycles. The number of nitrogens with one attached hydrogen (secondary N) is 1. The molecule has 1 aliphatic carbocycles. The van der Waals surface area contributed by atoms with Crippen LogP contribution < -0.4 is 11.1 Å². The second kappa shape index (κ2) is 8.95. The van der Waals surface area contributed by atoms with E-state index in [0.717, 1.165) is 43.5 Å². The first-order chi connectivity index (χ1) is 12.7. The van der Waals surface area contributed by atoms with Crippen molar-refractivity contribution in [3.63, 3.8) is 0 Å². The van der Waals surface area contributed by atoms with Crippen molar-refractivity contribution in [3.8, 4) is 0 Å². The Balaban J connectivity index is 1.69. The molecule has 1 aromatic carbocycles. The zero-order chi connectivity index (χ0) is 18.4. The van der Waals surface area contributed by atoms with Crippen molar-refractivity contribution in [3.05, 3.63) is 65.5 Å². The summed E-state index contributed by atoms with van der Waals surface area (Å²) in [5.74, 6) is 1.11. The lowest BCUT2D eigenvalue weighted by Gasteiger charge is -2.33. The molecule has 1 aliphatic rings. The quantitative estimate of drug-likeness (QED) is 0.836. The highest BCUT2D eigenvalue weighted by Crippen LogP contribution is 2.36. The van der Waals surface area contributed by atoms with Crippen LogP contribution in [-0.4, -0.2) is 17.4 Å². The lowest BCUT2D eigenvalue weighted by molar-refractivity contribution is -0.121. The Labute approximate surface area is 156 Å². The molecule has 1 heterocycles. The van der Waals surface area contributed by atoms with Crippen LogP contribution in [0.4, 0.5) is 0 Å². The number of hydrogen-bond acceptors (Lipinski definition) is 3. The van der Waals surface area contributed by atoms with Crippen molar-refractivity contribution in [1.82, 2.24) is 10.3 Å². The highest BCUT2D eigenvalue weighted by Gasteiger charge is 2.30. The van der Waals surface area contributed by atoms with Crippen molar-refractivity contribution in [2.24, 2.45) is 17.6 Å². The maximum atomic E-state index is 12.7. The minimum Gasteiger partial charge on any atom is -0.347 e. The molecule has 1 amide bonds. The summed E-state index contributed by atoms with van der Waals surface area (Å²) in [6.45, 7) is 2.82. The summed E-state index contributed by atoms with van der Waals surface area (Å²) < 4.78 is 0. The number of nitrogens with zero attached hydrogens (tertiary/aromatic N) is 1. The highest BCUT2D eigenvalue weighted by atomic mass is 16.1. The van der Waals surface area contributed by atoms with Crippen LogP contribution >= 0.6 is 0 Å². The van der Waals surface area contributed by atoms with Gasteiger partial charge < -0.3 is 11.1 Å². The molecular weight excluding hydrogens is 322 g/mol. The topological polar surface area (TPSA) is 68.0 Å². The van der Waals surface area contributed by atoms with Gasteiger partial charge in [0.25, 0.3) is 0 Å². The fourth-order valence-electron chi connectivity index (χ4n) is 3.87. The van der Waals surface area contributed by atoms with Crippen LogP contribution in [0.5, 0.6) is 0 Å². The summed E-state index contributed by atoms with van der Waals surface area (Å²) >= 11 is 0. The third kappa shape index (κ3) is 4.92. The first-order valence-electron chi connectivity index (χ1n) is 9.61. The smallest absolute Gasteiger partial charge is 0.224 e. The molecule has 0 bridgehead atoms. The van der Waals surface area contributed by atoms with Gasteiger partial charge in [0, 0.05) is 6.20 Å². The molecule has 4 heteroatoms. The fourth-order valence-corrected chi connectivity index (χ4v) is 3.87. The molecule has 0 spiro atoms. The summed E-state index contributed by atoms with van der Waals surface area (Å²) in [6.07, 6.45) is 6.67. The van der Waals surface area contributed by atoms with Crippen molar-refractivity contribution >= 4 is 5.91 Å². The number of nitrogens with two attached hydrogens (primary N) is 1. The second-order valence-electron chi connectivity index (χ2n) is 7.48. The van der Waals surface area contributed by atoms with Crippen LogP contribution in [0.1, 0.15) is 48.5 Å². The van der Waals surface area contributed by atoms with Gasteiger partial charge in [-0.2, -0.15) is 0 Å². The predicted molar refractivity (Wildman–Crippen MR) is 105 cm³/mol. The van der Waals surface area contributed by atoms with Gasteiger partial charge >= 0.3 is 0 Å². The molecule has 4 nitrogen and oxygen atoms in total. The lowest BCUT2D eigenvalue weighted by Crippen LogP contribution is -2.37. The van der Waals surface area contributed by atoms with E-state index in [9.17, 15) is 4.79 Å². The predicted octanol–water partition coefficient (Wildman–Crippen LogP) is 3.56. The minimum atomic E-state index is -0.0205. The van der Waals surface area contributed by atoms with E-state index < -0.39 is 0 Å². The number of aryl methyl sites for hydroxylation is 1. The number of rotatable bonds is 6. The number of carbonyl (C=O) groups is 1. The number of aromatic nitrogens is 1. The van der Waals surface area contributed by atoms with Gasteiger partial charge in [-0.15, -0.1) is 0 Å². The summed E-state index contributed by atoms with van der Waals surface area (Å²) in [5, 5.41) is 3.27. The van der Waals surface area contributed by atoms with E-state index in [1.807, 2.05) is 42.5 Å². The Hall–Kier alpha value is -2.20. The molecule has 3 rings (SSSR count). The first kappa shape index (κ1) is 18.6. The van der Waals surface area contributed by atoms with Crippen LogP contribution in [-0.2, 0) is 11.2 Å². The molecule has 138 valence electrons. The average molecular weight is 351 g/mol. The van der Waals surface area contributed by atoms with Crippen LogP contribution in [0.25, 0.3) is 0 Å². The van der Waals surface area contributed by atoms with Gasteiger partial charge in [-0.3, -0.25) is 9.78 Å². The van der Waals surface area contributed by atoms with Gasteiger partial charge in [0.2, 0.25) is 5.91 Å². The van der Waals surface area contributed by atoms with Crippen molar-refractivity contribution in [2.45, 2.75) is 45.1 Å². The molecule has 1 atom stereocenters. The van der Waals surface area contributed by atoms with Crippen LogP contribution in [0, 0.1) is 18.8 Å². The third-order valence-electron chi connectivity index (χ3n) is 5.50. The summed E-state index contributed by atoms with van der Waals surface area (Å²) in [6, 6.07) is 14.1. The minimum absolute atomic E-state index is 0.0205. The molecule has 1 fully saturated rings. The lowest BCUT2D eigenvalue weighted by atomic mass is 9.77. The van der Waals surface area contributed by atoms with Gasteiger partial charge in [-0.1, -0.05) is 35.9 Å². The van der Waals surface area contributed by atoms with Crippen LogP contribution in [0.3, 0.4) is 0 Å². The maximum absolute atomic E-state index is 12.7. The van der Waals surface area contributed by atoms with E-state index in [1.54, 1.807) is 6.20 Å². The fraction of sp³-hybridized carbons (Fsp3) is 0.455. The Kier molecular flexibility index (Phi) is 6.40. The average Bonchev–Trinajstić information content (AvgIpc) is 2.69. The number of hydrogen-bond donors (Lipinski definition) is 2. The van der Waals surface area contributed by atoms with E-state index in [2.05, 4.69) is 17.2 Å². The Morgan fingerprint density at radius 3 is 2.50 bits per heavy atom. The van der Waals surface area contributed by atoms with Gasteiger partial charge in [-0.05, 0) is 68.7 Å². The SMILES string of the molecule is Cc1ccc(CC(=O)NC(c2ccccn2)C2CCC(CN)CC2)cc1. The van der Waals surface area contributed by atoms with Crippen LogP contribution in [0.2, 0.25) is 0 Å². The zero-order valence-electron chi connectivity index (χ0n) is 15.5. The van der Waals surface area contributed by atoms with Gasteiger partial charge in [0.05, 0.1) is 18.2 Å². The van der Waals surface area contributed by atoms with E-state index in [4.69, 9.17) is 5.73 Å². The summed E-state index contributed by atoms with van der Waals surface area (Å²) in [5.41, 5.74) is 9.04. The second-order valence-corrected chi connectivity index (χ2v) is 7.48. The molecule has 2 aromatic rings. The number of benzene rings is 1. The largest absolute Gasteiger partial charge is 0.347 e. The van der Waals surface area contributed by atoms with Gasteiger partial charge in [-0.25, -0.2) is 0 Å². The van der Waals surface area contributed by atoms with E-state index in [0.29, 0.717) is 18.3 Å². The molecule has 1 saturated carbocycles. The summed E-state index contributed by atoms with van der Waals surface area (Å²) in [4.78, 5) is 17.2. The molecule has 1 aromatic heterocycles. The summed E-state index contributed by atoms with van der Waals surface area (Å²) in [7, 11) is 0. The zero-order valence-corrected chi connectivity index (χ0v) is 15.5.